The van der Waals surface area contributed by atoms with Gasteiger partial charge in [0.25, 0.3) is 0 Å². The summed E-state index contributed by atoms with van der Waals surface area (Å²) >= 11 is 1.38. The van der Waals surface area contributed by atoms with E-state index >= 15 is 0 Å². The molecule has 0 fully saturated rings. The van der Waals surface area contributed by atoms with Crippen molar-refractivity contribution in [3.63, 3.8) is 0 Å². The summed E-state index contributed by atoms with van der Waals surface area (Å²) in [6.07, 6.45) is -12.5. The summed E-state index contributed by atoms with van der Waals surface area (Å²) in [4.78, 5) is 6.51. The molecule has 17 heteroatoms. The molecule has 0 saturated heterocycles. The number of guanidine groups is 1. The number of nitrogens with two attached hydrogens (primary N) is 1. The minimum absolute atomic E-state index is 0.0133. The van der Waals surface area contributed by atoms with Gasteiger partial charge < -0.3 is 26.3 Å². The predicted octanol–water partition coefficient (Wildman–Crippen LogP) is 8.14. The van der Waals surface area contributed by atoms with Crippen molar-refractivity contribution in [1.82, 2.24) is 15.3 Å². The Morgan fingerprint density at radius 1 is 1.00 bits per heavy atom. The van der Waals surface area contributed by atoms with Gasteiger partial charge in [-0.2, -0.15) is 39.5 Å². The fraction of sp³-hybridized carbons (Fsp3) is 0.484. The minimum atomic E-state index is -5.14. The summed E-state index contributed by atoms with van der Waals surface area (Å²) in [5.74, 6) is -0.283. The van der Waals surface area contributed by atoms with Crippen LogP contribution in [0.4, 0.5) is 39.5 Å². The summed E-state index contributed by atoms with van der Waals surface area (Å²) < 4.78 is 121. The normalized spacial score (nSPS) is 13.0. The third-order valence-corrected chi connectivity index (χ3v) is 7.07. The lowest BCUT2D eigenvalue weighted by Gasteiger charge is -2.26. The number of benzene rings is 1. The zero-order valence-electron chi connectivity index (χ0n) is 28.2. The molecule has 0 bridgehead atoms. The number of hydrazone groups is 1. The molecule has 0 aliphatic rings. The van der Waals surface area contributed by atoms with Gasteiger partial charge in [0.05, 0.1) is 21.8 Å². The maximum absolute atomic E-state index is 13.7. The Morgan fingerprint density at radius 3 is 2.00 bits per heavy atom. The Bertz CT molecular complexity index is 1380. The molecule has 5 N–H and O–H groups in total. The van der Waals surface area contributed by atoms with Crippen LogP contribution in [0.15, 0.2) is 58.2 Å². The Hall–Kier alpha value is -3.57. The molecule has 0 spiro atoms. The minimum Gasteiger partial charge on any atom is -0.400 e. The maximum Gasteiger partial charge on any atom is 0.416 e. The number of nitrogens with one attached hydrogen (secondary N) is 1. The lowest BCUT2D eigenvalue weighted by Crippen LogP contribution is -2.39. The molecule has 1 heterocycles. The standard InChI is InChI=1S/C27H30F9N5S.C2H6.2CH4O/c1-6-17(11-20(27(34,35)36)10-15(3)25(28,29)30)13-41(24(37)40-38-5)14-18-12-19(26(31,32)33)8-9-21(18)23-22(7-2)42-16(4)39-23;3*1-2/h6,8-12,38H,7,13-14H2,1-5H3,(H2,37,40);1-2H3;2*2H,1H3/b15-10+,17-6+,20-11+;;;. The summed E-state index contributed by atoms with van der Waals surface area (Å²) in [5, 5.41) is 18.5. The molecule has 48 heavy (non-hydrogen) atoms. The van der Waals surface area contributed by atoms with E-state index in [9.17, 15) is 39.5 Å². The molecule has 0 aliphatic carbocycles. The average Bonchev–Trinajstić information content (AvgIpc) is 3.41. The van der Waals surface area contributed by atoms with Crippen molar-refractivity contribution < 1.29 is 49.7 Å². The van der Waals surface area contributed by atoms with Crippen molar-refractivity contribution in [3.05, 3.63) is 74.2 Å². The highest BCUT2D eigenvalue weighted by molar-refractivity contribution is 7.12. The van der Waals surface area contributed by atoms with E-state index in [0.29, 0.717) is 35.7 Å². The zero-order chi connectivity index (χ0) is 38.0. The fourth-order valence-corrected chi connectivity index (χ4v) is 4.71. The van der Waals surface area contributed by atoms with Crippen LogP contribution in [0.2, 0.25) is 0 Å². The van der Waals surface area contributed by atoms with Crippen LogP contribution in [-0.2, 0) is 19.1 Å². The molecule has 0 amide bonds. The summed E-state index contributed by atoms with van der Waals surface area (Å²) in [5.41, 5.74) is 5.30. The number of allylic oxidation sites excluding steroid dienone is 4. The SMILES string of the molecule is CC.CO.CO.C\C=C(/C=C(\C=C(/C)C(F)(F)F)C(F)(F)F)CN(Cc1cc(C(F)(F)F)ccc1-c1nc(C)sc1CC)/C(N)=N/NC. The first kappa shape index (κ1) is 46.5. The number of aromatic nitrogens is 1. The predicted molar refractivity (Wildman–Crippen MR) is 173 cm³/mol. The van der Waals surface area contributed by atoms with E-state index in [0.717, 1.165) is 31.2 Å². The lowest BCUT2D eigenvalue weighted by atomic mass is 9.99. The summed E-state index contributed by atoms with van der Waals surface area (Å²) in [7, 11) is 3.38. The van der Waals surface area contributed by atoms with Gasteiger partial charge in [-0.3, -0.25) is 0 Å². The largest absolute Gasteiger partial charge is 0.416 e. The van der Waals surface area contributed by atoms with Gasteiger partial charge in [-0.05, 0) is 62.6 Å². The van der Waals surface area contributed by atoms with Crippen molar-refractivity contribution in [2.45, 2.75) is 73.0 Å². The quantitative estimate of drug-likeness (QED) is 0.0685. The molecule has 0 radical (unpaired) electrons. The lowest BCUT2D eigenvalue weighted by molar-refractivity contribution is -0.137. The molecule has 0 unspecified atom stereocenters. The van der Waals surface area contributed by atoms with Gasteiger partial charge in [-0.1, -0.05) is 32.9 Å². The molecule has 0 saturated carbocycles. The van der Waals surface area contributed by atoms with Crippen molar-refractivity contribution >= 4 is 17.3 Å². The number of aryl methyl sites for hydroxylation is 2. The van der Waals surface area contributed by atoms with Crippen LogP contribution in [0.25, 0.3) is 11.3 Å². The Balaban J connectivity index is 0. The monoisotopic (exact) mass is 721 g/mol. The van der Waals surface area contributed by atoms with E-state index in [1.165, 1.54) is 42.4 Å². The number of hydrogen-bond donors (Lipinski definition) is 4. The molecule has 7 nitrogen and oxygen atoms in total. The Labute approximate surface area is 279 Å². The number of thiazole rings is 1. The molecule has 0 atom stereocenters. The van der Waals surface area contributed by atoms with Crippen molar-refractivity contribution in [2.24, 2.45) is 10.8 Å². The highest BCUT2D eigenvalue weighted by Crippen LogP contribution is 2.37. The molecule has 1 aromatic carbocycles. The first-order valence-electron chi connectivity index (χ1n) is 14.3. The second kappa shape index (κ2) is 21.4. The van der Waals surface area contributed by atoms with Gasteiger partial charge in [-0.25, -0.2) is 4.98 Å². The van der Waals surface area contributed by atoms with E-state index in [1.807, 2.05) is 20.8 Å². The average molecular weight is 722 g/mol. The van der Waals surface area contributed by atoms with Gasteiger partial charge in [0.2, 0.25) is 5.96 Å². The number of rotatable bonds is 9. The van der Waals surface area contributed by atoms with Crippen LogP contribution in [-0.4, -0.2) is 66.2 Å². The number of aliphatic hydroxyl groups excluding tert-OH is 2. The first-order chi connectivity index (χ1) is 22.3. The van der Waals surface area contributed by atoms with E-state index < -0.39 is 41.8 Å². The number of nitrogens with zero attached hydrogens (tertiary/aromatic N) is 3. The second-order valence-corrected chi connectivity index (χ2v) is 10.4. The third-order valence-electron chi connectivity index (χ3n) is 5.96. The Kier molecular flexibility index (Phi) is 20.8. The molecule has 1 aromatic heterocycles. The van der Waals surface area contributed by atoms with Crippen molar-refractivity contribution in [2.75, 3.05) is 27.8 Å². The third kappa shape index (κ3) is 14.7. The highest BCUT2D eigenvalue weighted by atomic mass is 32.1. The zero-order valence-corrected chi connectivity index (χ0v) is 29.0. The molecule has 274 valence electrons. The molecular weight excluding hydrogens is 677 g/mol. The van der Waals surface area contributed by atoms with Crippen LogP contribution in [0, 0.1) is 6.92 Å². The maximum atomic E-state index is 13.7. The van der Waals surface area contributed by atoms with Crippen LogP contribution >= 0.6 is 11.3 Å². The van der Waals surface area contributed by atoms with E-state index in [-0.39, 0.29) is 29.7 Å². The van der Waals surface area contributed by atoms with Crippen molar-refractivity contribution in [3.8, 4) is 11.3 Å². The molecular formula is C31H44F9N5O2S. The van der Waals surface area contributed by atoms with Gasteiger partial charge in [-0.15, -0.1) is 16.4 Å². The van der Waals surface area contributed by atoms with Crippen LogP contribution in [0.5, 0.6) is 0 Å². The van der Waals surface area contributed by atoms with Crippen LogP contribution in [0.1, 0.15) is 55.6 Å². The van der Waals surface area contributed by atoms with E-state index in [1.54, 1.807) is 6.92 Å². The summed E-state index contributed by atoms with van der Waals surface area (Å²) in [6.45, 7) is 8.71. The van der Waals surface area contributed by atoms with Gasteiger partial charge >= 0.3 is 18.5 Å². The first-order valence-corrected chi connectivity index (χ1v) is 15.1. The number of hydrogen-bond acceptors (Lipinski definition) is 6. The molecule has 2 aromatic rings. The number of aliphatic hydroxyl groups is 2. The van der Waals surface area contributed by atoms with Gasteiger partial charge in [0.15, 0.2) is 0 Å². The number of alkyl halides is 9. The highest BCUT2D eigenvalue weighted by Gasteiger charge is 2.37. The topological polar surface area (TPSA) is 107 Å². The van der Waals surface area contributed by atoms with E-state index in [4.69, 9.17) is 15.9 Å². The fourth-order valence-electron chi connectivity index (χ4n) is 3.82. The summed E-state index contributed by atoms with van der Waals surface area (Å²) in [6, 6.07) is 3.09. The van der Waals surface area contributed by atoms with Crippen LogP contribution < -0.4 is 11.2 Å². The van der Waals surface area contributed by atoms with Gasteiger partial charge in [0, 0.05) is 50.4 Å². The van der Waals surface area contributed by atoms with Crippen LogP contribution in [0.3, 0.4) is 0 Å². The molecule has 2 rings (SSSR count). The van der Waals surface area contributed by atoms with E-state index in [2.05, 4.69) is 15.5 Å². The van der Waals surface area contributed by atoms with Gasteiger partial charge in [0.1, 0.15) is 0 Å². The smallest absolute Gasteiger partial charge is 0.400 e. The second-order valence-electron chi connectivity index (χ2n) is 9.06. The number of halogens is 9. The van der Waals surface area contributed by atoms with Crippen molar-refractivity contribution in [1.29, 1.82) is 0 Å². The Morgan fingerprint density at radius 2 is 1.56 bits per heavy atom. The molecule has 0 aliphatic heterocycles.